The first-order valence-electron chi connectivity index (χ1n) is 7.84. The van der Waals surface area contributed by atoms with E-state index in [1.54, 1.807) is 17.6 Å². The van der Waals surface area contributed by atoms with E-state index in [0.29, 0.717) is 21.6 Å². The van der Waals surface area contributed by atoms with Gasteiger partial charge in [-0.2, -0.15) is 13.2 Å². The first-order chi connectivity index (χ1) is 13.1. The summed E-state index contributed by atoms with van der Waals surface area (Å²) >= 11 is 5.95. The lowest BCUT2D eigenvalue weighted by atomic mass is 10.2. The molecule has 3 aromatic heterocycles. The van der Waals surface area contributed by atoms with Crippen LogP contribution in [0.4, 0.5) is 23.4 Å². The molecule has 0 aromatic carbocycles. The number of nitrogens with zero attached hydrogens (tertiary/aromatic N) is 4. The van der Waals surface area contributed by atoms with Gasteiger partial charge in [0.2, 0.25) is 5.91 Å². The Bertz CT molecular complexity index is 1030. The molecule has 0 saturated heterocycles. The highest BCUT2D eigenvalue weighted by Crippen LogP contribution is 2.28. The highest BCUT2D eigenvalue weighted by Gasteiger charge is 2.28. The first-order valence-corrected chi connectivity index (χ1v) is 8.22. The normalized spacial score (nSPS) is 11.6. The summed E-state index contributed by atoms with van der Waals surface area (Å²) in [5.41, 5.74) is 1.02. The summed E-state index contributed by atoms with van der Waals surface area (Å²) in [6.07, 6.45) is -0.597. The van der Waals surface area contributed by atoms with Crippen LogP contribution in [0.5, 0.6) is 0 Å². The molecular weight excluding hydrogens is 404 g/mol. The molecule has 0 aliphatic rings. The molecule has 0 bridgehead atoms. The summed E-state index contributed by atoms with van der Waals surface area (Å²) in [5.74, 6) is -1.86. The van der Waals surface area contributed by atoms with Crippen molar-refractivity contribution in [2.24, 2.45) is 0 Å². The molecule has 1 amide bonds. The smallest absolute Gasteiger partial charge is 0.348 e. The maximum Gasteiger partial charge on any atom is 0.405 e. The van der Waals surface area contributed by atoms with Gasteiger partial charge in [0.25, 0.3) is 0 Å². The van der Waals surface area contributed by atoms with E-state index in [2.05, 4.69) is 19.9 Å². The lowest BCUT2D eigenvalue weighted by Gasteiger charge is -2.19. The molecular formula is C16H17ClF4N6O. The second kappa shape index (κ2) is 7.58. The van der Waals surface area contributed by atoms with Crippen molar-refractivity contribution >= 4 is 34.4 Å². The molecule has 0 unspecified atom stereocenters. The number of H-pyrrole nitrogens is 1. The topological polar surface area (TPSA) is 86.8 Å². The standard InChI is InChI=1S/C16H13ClF4N6O.2H2/c1-27(6-12(28)25-7-16(19,20)21)15-11(18)5-24-14(26-15)10-4-23-13-9(10)2-8(17)3-22-13;;/h2-5H,6-7H2,1H3,(H,22,23)(H,25,28);2*1H. The maximum atomic E-state index is 14.1. The average molecular weight is 421 g/mol. The predicted octanol–water partition coefficient (Wildman–Crippen LogP) is 3.42. The van der Waals surface area contributed by atoms with Gasteiger partial charge in [0.15, 0.2) is 17.5 Å². The van der Waals surface area contributed by atoms with E-state index in [4.69, 9.17) is 11.6 Å². The van der Waals surface area contributed by atoms with Crippen molar-refractivity contribution in [3.63, 3.8) is 0 Å². The van der Waals surface area contributed by atoms with Crippen LogP contribution in [0, 0.1) is 5.82 Å². The van der Waals surface area contributed by atoms with Gasteiger partial charge >= 0.3 is 6.18 Å². The van der Waals surface area contributed by atoms with E-state index in [9.17, 15) is 22.4 Å². The Kier molecular flexibility index (Phi) is 5.36. The Morgan fingerprint density at radius 1 is 1.36 bits per heavy atom. The summed E-state index contributed by atoms with van der Waals surface area (Å²) in [4.78, 5) is 27.8. The van der Waals surface area contributed by atoms with Crippen molar-refractivity contribution in [1.29, 1.82) is 0 Å². The van der Waals surface area contributed by atoms with Crippen LogP contribution in [0.3, 0.4) is 0 Å². The molecule has 3 heterocycles. The number of rotatable bonds is 5. The van der Waals surface area contributed by atoms with Gasteiger partial charge in [-0.3, -0.25) is 4.79 Å². The number of aromatic amines is 1. The van der Waals surface area contributed by atoms with E-state index in [-0.39, 0.29) is 14.5 Å². The third-order valence-electron chi connectivity index (χ3n) is 3.69. The van der Waals surface area contributed by atoms with E-state index < -0.39 is 31.0 Å². The molecule has 0 spiro atoms. The third kappa shape index (κ3) is 4.47. The van der Waals surface area contributed by atoms with E-state index in [0.717, 1.165) is 11.1 Å². The van der Waals surface area contributed by atoms with E-state index in [1.807, 2.05) is 0 Å². The van der Waals surface area contributed by atoms with Gasteiger partial charge in [-0.15, -0.1) is 0 Å². The SMILES string of the molecule is CN(CC(=O)NCC(F)(F)F)c1nc(-c2c[nH]c3ncc(Cl)cc23)ncc1F.[HH].[HH]. The summed E-state index contributed by atoms with van der Waals surface area (Å²) in [6, 6.07) is 1.64. The number of halogens is 5. The van der Waals surface area contributed by atoms with Crippen LogP contribution < -0.4 is 10.2 Å². The molecule has 0 fully saturated rings. The zero-order valence-electron chi connectivity index (χ0n) is 14.3. The number of carbonyl (C=O) groups is 1. The number of nitrogens with one attached hydrogen (secondary N) is 2. The van der Waals surface area contributed by atoms with Crippen LogP contribution in [0.1, 0.15) is 2.85 Å². The highest BCUT2D eigenvalue weighted by molar-refractivity contribution is 6.31. The number of hydrogen-bond donors (Lipinski definition) is 2. The Morgan fingerprint density at radius 2 is 2.11 bits per heavy atom. The minimum atomic E-state index is -4.54. The molecule has 3 aromatic rings. The summed E-state index contributed by atoms with van der Waals surface area (Å²) in [6.45, 7) is -2.00. The summed E-state index contributed by atoms with van der Waals surface area (Å²) < 4.78 is 50.7. The molecule has 0 saturated carbocycles. The predicted molar refractivity (Wildman–Crippen MR) is 98.7 cm³/mol. The lowest BCUT2D eigenvalue weighted by Crippen LogP contribution is -2.40. The van der Waals surface area contributed by atoms with Gasteiger partial charge in [-0.25, -0.2) is 19.3 Å². The van der Waals surface area contributed by atoms with Gasteiger partial charge < -0.3 is 15.2 Å². The number of amides is 1. The quantitative estimate of drug-likeness (QED) is 0.618. The molecule has 2 N–H and O–H groups in total. The fourth-order valence-corrected chi connectivity index (χ4v) is 2.62. The zero-order valence-corrected chi connectivity index (χ0v) is 15.1. The average Bonchev–Trinajstić information content (AvgIpc) is 3.02. The molecule has 3 rings (SSSR count). The summed E-state index contributed by atoms with van der Waals surface area (Å²) in [5, 5.41) is 2.71. The fourth-order valence-electron chi connectivity index (χ4n) is 2.46. The van der Waals surface area contributed by atoms with Crippen LogP contribution in [-0.2, 0) is 4.79 Å². The molecule has 7 nitrogen and oxygen atoms in total. The molecule has 0 radical (unpaired) electrons. The monoisotopic (exact) mass is 420 g/mol. The van der Waals surface area contributed by atoms with Crippen LogP contribution in [-0.4, -0.2) is 52.2 Å². The first kappa shape index (κ1) is 19.8. The van der Waals surface area contributed by atoms with Crippen LogP contribution in [0.15, 0.2) is 24.7 Å². The van der Waals surface area contributed by atoms with Crippen molar-refractivity contribution in [2.45, 2.75) is 6.18 Å². The van der Waals surface area contributed by atoms with Crippen LogP contribution >= 0.6 is 11.6 Å². The third-order valence-corrected chi connectivity index (χ3v) is 3.90. The Hall–Kier alpha value is -2.95. The van der Waals surface area contributed by atoms with Crippen LogP contribution in [0.2, 0.25) is 5.02 Å². The number of aromatic nitrogens is 4. The number of carbonyl (C=O) groups excluding carboxylic acids is 1. The minimum absolute atomic E-state index is 0. The molecule has 152 valence electrons. The largest absolute Gasteiger partial charge is 0.405 e. The maximum absolute atomic E-state index is 14.1. The second-order valence-electron chi connectivity index (χ2n) is 5.87. The zero-order chi connectivity index (χ0) is 20.5. The van der Waals surface area contributed by atoms with Gasteiger partial charge in [0, 0.05) is 33.2 Å². The fraction of sp³-hybridized carbons (Fsp3) is 0.250. The second-order valence-corrected chi connectivity index (χ2v) is 6.30. The Balaban J connectivity index is 0.00000225. The number of likely N-dealkylation sites (N-methyl/N-ethyl adjacent to an activating group) is 1. The number of alkyl halides is 3. The highest BCUT2D eigenvalue weighted by atomic mass is 35.5. The molecule has 28 heavy (non-hydrogen) atoms. The number of anilines is 1. The number of pyridine rings is 1. The van der Waals surface area contributed by atoms with Gasteiger partial charge in [-0.05, 0) is 6.07 Å². The van der Waals surface area contributed by atoms with Crippen molar-refractivity contribution in [3.05, 3.63) is 35.5 Å². The van der Waals surface area contributed by atoms with Gasteiger partial charge in [0.1, 0.15) is 12.2 Å². The van der Waals surface area contributed by atoms with Crippen LogP contribution in [0.25, 0.3) is 22.4 Å². The van der Waals surface area contributed by atoms with Gasteiger partial charge in [-0.1, -0.05) is 11.6 Å². The Morgan fingerprint density at radius 3 is 2.82 bits per heavy atom. The van der Waals surface area contributed by atoms with Crippen molar-refractivity contribution in [2.75, 3.05) is 25.0 Å². The van der Waals surface area contributed by atoms with Crippen molar-refractivity contribution in [1.82, 2.24) is 25.3 Å². The van der Waals surface area contributed by atoms with E-state index >= 15 is 0 Å². The lowest BCUT2D eigenvalue weighted by molar-refractivity contribution is -0.137. The molecule has 12 heteroatoms. The van der Waals surface area contributed by atoms with Crippen molar-refractivity contribution in [3.8, 4) is 11.4 Å². The van der Waals surface area contributed by atoms with E-state index in [1.165, 1.54) is 13.2 Å². The van der Waals surface area contributed by atoms with Crippen molar-refractivity contribution < 1.29 is 25.2 Å². The minimum Gasteiger partial charge on any atom is -0.348 e. The molecule has 0 aliphatic heterocycles. The van der Waals surface area contributed by atoms with Gasteiger partial charge in [0.05, 0.1) is 17.8 Å². The number of fused-ring (bicyclic) bond motifs is 1. The molecule has 0 aliphatic carbocycles. The summed E-state index contributed by atoms with van der Waals surface area (Å²) in [7, 11) is 1.33. The Labute approximate surface area is 163 Å². The number of hydrogen-bond acceptors (Lipinski definition) is 5. The molecule has 0 atom stereocenters.